The molecule has 82 valence electrons. The Hall–Kier alpha value is -1.29. The predicted octanol–water partition coefficient (Wildman–Crippen LogP) is 3.32. The first-order valence-electron chi connectivity index (χ1n) is 5.08. The van der Waals surface area contributed by atoms with Crippen LogP contribution < -0.4 is 5.48 Å². The van der Waals surface area contributed by atoms with Crippen LogP contribution in [0.5, 0.6) is 0 Å². The molecular weight excluding hydrogens is 218 g/mol. The lowest BCUT2D eigenvalue weighted by atomic mass is 10.4. The van der Waals surface area contributed by atoms with Gasteiger partial charge in [-0.05, 0) is 24.3 Å². The van der Waals surface area contributed by atoms with E-state index >= 15 is 0 Å². The highest BCUT2D eigenvalue weighted by Gasteiger charge is 1.93. The highest BCUT2D eigenvalue weighted by atomic mass is 32.2. The molecule has 0 atom stereocenters. The smallest absolute Gasteiger partial charge is 0.141 e. The third-order valence-electron chi connectivity index (χ3n) is 1.87. The molecule has 1 saturated heterocycles. The van der Waals surface area contributed by atoms with Crippen molar-refractivity contribution in [3.63, 3.8) is 0 Å². The van der Waals surface area contributed by atoms with Gasteiger partial charge in [0.15, 0.2) is 0 Å². The van der Waals surface area contributed by atoms with Crippen molar-refractivity contribution in [3.05, 3.63) is 60.7 Å². The quantitative estimate of drug-likeness (QED) is 0.805. The van der Waals surface area contributed by atoms with E-state index in [4.69, 9.17) is 0 Å². The molecule has 2 aromatic rings. The molecule has 3 rings (SSSR count). The van der Waals surface area contributed by atoms with Crippen molar-refractivity contribution < 1.29 is 4.84 Å². The largest absolute Gasteiger partial charge is 0.282 e. The van der Waals surface area contributed by atoms with E-state index in [1.165, 1.54) is 9.79 Å². The highest BCUT2D eigenvalue weighted by molar-refractivity contribution is 7.99. The molecule has 0 aliphatic carbocycles. The van der Waals surface area contributed by atoms with Gasteiger partial charge in [0.05, 0.1) is 0 Å². The Morgan fingerprint density at radius 3 is 1.50 bits per heavy atom. The summed E-state index contributed by atoms with van der Waals surface area (Å²) in [6, 6.07) is 20.8. The zero-order valence-corrected chi connectivity index (χ0v) is 9.61. The van der Waals surface area contributed by atoms with Gasteiger partial charge in [-0.3, -0.25) is 4.84 Å². The molecule has 0 bridgehead atoms. The van der Waals surface area contributed by atoms with E-state index in [0.717, 1.165) is 6.73 Å². The molecule has 1 aliphatic rings. The van der Waals surface area contributed by atoms with Gasteiger partial charge >= 0.3 is 0 Å². The van der Waals surface area contributed by atoms with E-state index in [9.17, 15) is 0 Å². The summed E-state index contributed by atoms with van der Waals surface area (Å²) in [6.07, 6.45) is 0. The first-order valence-corrected chi connectivity index (χ1v) is 5.89. The van der Waals surface area contributed by atoms with Crippen molar-refractivity contribution in [1.82, 2.24) is 5.48 Å². The van der Waals surface area contributed by atoms with Crippen molar-refractivity contribution in [2.45, 2.75) is 9.79 Å². The van der Waals surface area contributed by atoms with E-state index in [0.29, 0.717) is 0 Å². The summed E-state index contributed by atoms with van der Waals surface area (Å²) in [5, 5.41) is 0. The fraction of sp³-hybridized carbons (Fsp3) is 0.0769. The van der Waals surface area contributed by atoms with Crippen molar-refractivity contribution >= 4 is 11.8 Å². The summed E-state index contributed by atoms with van der Waals surface area (Å²) >= 11 is 1.79. The summed E-state index contributed by atoms with van der Waals surface area (Å²) in [6.45, 7) is 0.750. The van der Waals surface area contributed by atoms with E-state index < -0.39 is 0 Å². The molecule has 0 amide bonds. The van der Waals surface area contributed by atoms with Crippen molar-refractivity contribution in [1.29, 1.82) is 0 Å². The van der Waals surface area contributed by atoms with Gasteiger partial charge in [-0.2, -0.15) is 5.48 Å². The lowest BCUT2D eigenvalue weighted by Gasteiger charge is -1.99. The van der Waals surface area contributed by atoms with Crippen LogP contribution in [0.4, 0.5) is 0 Å². The van der Waals surface area contributed by atoms with E-state index in [-0.39, 0.29) is 0 Å². The molecule has 0 unspecified atom stereocenters. The number of nitrogens with one attached hydrogen (secondary N) is 1. The number of hydrogen-bond donors (Lipinski definition) is 1. The molecule has 0 aromatic heterocycles. The van der Waals surface area contributed by atoms with Crippen LogP contribution in [0.15, 0.2) is 70.5 Å². The monoisotopic (exact) mass is 231 g/mol. The average molecular weight is 231 g/mol. The molecule has 2 nitrogen and oxygen atoms in total. The van der Waals surface area contributed by atoms with Crippen LogP contribution in [0.3, 0.4) is 0 Å². The van der Waals surface area contributed by atoms with Crippen LogP contribution >= 0.6 is 11.8 Å². The maximum atomic E-state index is 4.25. The van der Waals surface area contributed by atoms with Crippen LogP contribution in [0.1, 0.15) is 0 Å². The van der Waals surface area contributed by atoms with Crippen LogP contribution in [-0.4, -0.2) is 6.73 Å². The van der Waals surface area contributed by atoms with Crippen molar-refractivity contribution in [2.75, 3.05) is 6.73 Å². The second kappa shape index (κ2) is 6.33. The number of hydroxylamine groups is 1. The predicted molar refractivity (Wildman–Crippen MR) is 66.1 cm³/mol. The molecule has 1 aliphatic heterocycles. The standard InChI is InChI=1S/C12H10S.CH3NO/c1-3-7-11(8-4-1)13-12-9-5-2-6-10-12;1-2-3-1/h1-10H;2H,1H2. The fourth-order valence-electron chi connectivity index (χ4n) is 1.11. The molecule has 1 heterocycles. The molecule has 3 heteroatoms. The fourth-order valence-corrected chi connectivity index (χ4v) is 1.97. The second-order valence-corrected chi connectivity index (χ2v) is 4.31. The Bertz CT molecular complexity index is 363. The molecule has 2 aromatic carbocycles. The normalized spacial score (nSPS) is 12.5. The number of hydrogen-bond acceptors (Lipinski definition) is 3. The van der Waals surface area contributed by atoms with Crippen molar-refractivity contribution in [3.8, 4) is 0 Å². The van der Waals surface area contributed by atoms with Gasteiger partial charge in [-0.1, -0.05) is 48.2 Å². The molecule has 1 N–H and O–H groups in total. The first kappa shape index (κ1) is 11.2. The maximum Gasteiger partial charge on any atom is 0.141 e. The molecule has 1 fully saturated rings. The Morgan fingerprint density at radius 1 is 0.812 bits per heavy atom. The molecular formula is C13H13NOS. The Labute approximate surface area is 99.6 Å². The minimum absolute atomic E-state index is 0.750. The van der Waals surface area contributed by atoms with Gasteiger partial charge in [0.25, 0.3) is 0 Å². The van der Waals surface area contributed by atoms with E-state index in [1.807, 2.05) is 12.1 Å². The molecule has 0 saturated carbocycles. The summed E-state index contributed by atoms with van der Waals surface area (Å²) < 4.78 is 0. The number of benzene rings is 2. The third-order valence-corrected chi connectivity index (χ3v) is 2.88. The van der Waals surface area contributed by atoms with Crippen molar-refractivity contribution in [2.24, 2.45) is 0 Å². The van der Waals surface area contributed by atoms with Gasteiger partial charge in [0.2, 0.25) is 0 Å². The van der Waals surface area contributed by atoms with Gasteiger partial charge in [0, 0.05) is 9.79 Å². The van der Waals surface area contributed by atoms with Gasteiger partial charge in [-0.25, -0.2) is 0 Å². The molecule has 0 spiro atoms. The Kier molecular flexibility index (Phi) is 4.43. The Balaban J connectivity index is 0.000000278. The lowest BCUT2D eigenvalue weighted by molar-refractivity contribution is 0.412. The van der Waals surface area contributed by atoms with Crippen LogP contribution in [0.25, 0.3) is 0 Å². The van der Waals surface area contributed by atoms with Crippen LogP contribution in [0, 0.1) is 0 Å². The minimum Gasteiger partial charge on any atom is -0.282 e. The first-order chi connectivity index (χ1) is 7.95. The summed E-state index contributed by atoms with van der Waals surface area (Å²) in [7, 11) is 0. The molecule has 16 heavy (non-hydrogen) atoms. The topological polar surface area (TPSA) is 34.5 Å². The van der Waals surface area contributed by atoms with Gasteiger partial charge in [0.1, 0.15) is 6.73 Å². The maximum absolute atomic E-state index is 4.25. The third kappa shape index (κ3) is 4.49. The highest BCUT2D eigenvalue weighted by Crippen LogP contribution is 2.26. The lowest BCUT2D eigenvalue weighted by Crippen LogP contribution is -1.70. The zero-order chi connectivity index (χ0) is 11.1. The summed E-state index contributed by atoms with van der Waals surface area (Å²) in [5.74, 6) is 0. The van der Waals surface area contributed by atoms with E-state index in [1.54, 1.807) is 11.8 Å². The summed E-state index contributed by atoms with van der Waals surface area (Å²) in [4.78, 5) is 6.82. The molecule has 0 radical (unpaired) electrons. The zero-order valence-electron chi connectivity index (χ0n) is 8.80. The average Bonchev–Trinajstić information content (AvgIpc) is 3.19. The van der Waals surface area contributed by atoms with Gasteiger partial charge < -0.3 is 0 Å². The van der Waals surface area contributed by atoms with Crippen LogP contribution in [0.2, 0.25) is 0 Å². The van der Waals surface area contributed by atoms with E-state index in [2.05, 4.69) is 58.8 Å². The van der Waals surface area contributed by atoms with Gasteiger partial charge in [-0.15, -0.1) is 0 Å². The Morgan fingerprint density at radius 2 is 1.19 bits per heavy atom. The minimum atomic E-state index is 0.750. The number of rotatable bonds is 2. The van der Waals surface area contributed by atoms with Crippen LogP contribution in [-0.2, 0) is 4.84 Å². The SMILES string of the molecule is C1NO1.c1ccc(Sc2ccccc2)cc1. The second-order valence-electron chi connectivity index (χ2n) is 3.16. The summed E-state index contributed by atoms with van der Waals surface area (Å²) in [5.41, 5.74) is 2.50.